The zero-order valence-electron chi connectivity index (χ0n) is 17.0. The molecular weight excluding hydrogens is 372 g/mol. The maximum absolute atomic E-state index is 12.2. The lowest BCUT2D eigenvalue weighted by Crippen LogP contribution is -2.37. The topological polar surface area (TPSA) is 67.4 Å². The van der Waals surface area contributed by atoms with E-state index in [0.29, 0.717) is 11.3 Å². The highest BCUT2D eigenvalue weighted by molar-refractivity contribution is 7.98. The first kappa shape index (κ1) is 20.6. The predicted molar refractivity (Wildman–Crippen MR) is 113 cm³/mol. The maximum Gasteiger partial charge on any atom is 0.251 e. The minimum Gasteiger partial charge on any atom is -0.378 e. The molecule has 1 amide bonds. The van der Waals surface area contributed by atoms with Gasteiger partial charge in [0.1, 0.15) is 5.82 Å². The second-order valence-electron chi connectivity index (χ2n) is 7.26. The first-order valence-electron chi connectivity index (χ1n) is 9.64. The second kappa shape index (κ2) is 9.39. The van der Waals surface area contributed by atoms with E-state index >= 15 is 0 Å². The summed E-state index contributed by atoms with van der Waals surface area (Å²) < 4.78 is 5.46. The van der Waals surface area contributed by atoms with Crippen molar-refractivity contribution in [3.05, 3.63) is 46.6 Å². The standard InChI is InChI=1S/C21H28N4O2S/c1-14(2)22-20(26)18-7-5-6-17(12-18)13-28-21-23-16(4)15(3)19(24-21)25-8-10-27-11-9-25/h5-7,12,14H,8-11,13H2,1-4H3,(H,22,26). The fourth-order valence-corrected chi connectivity index (χ4v) is 3.86. The van der Waals surface area contributed by atoms with Gasteiger partial charge in [-0.15, -0.1) is 0 Å². The molecule has 1 aliphatic heterocycles. The van der Waals surface area contributed by atoms with Crippen LogP contribution in [0.4, 0.5) is 5.82 Å². The zero-order valence-corrected chi connectivity index (χ0v) is 17.8. The first-order valence-corrected chi connectivity index (χ1v) is 10.6. The third kappa shape index (κ3) is 5.23. The number of aromatic nitrogens is 2. The van der Waals surface area contributed by atoms with Crippen LogP contribution in [0.15, 0.2) is 29.4 Å². The average molecular weight is 401 g/mol. The van der Waals surface area contributed by atoms with Crippen LogP contribution in [0.25, 0.3) is 0 Å². The number of ether oxygens (including phenoxy) is 1. The summed E-state index contributed by atoms with van der Waals surface area (Å²) in [4.78, 5) is 24.0. The van der Waals surface area contributed by atoms with Gasteiger partial charge in [-0.3, -0.25) is 4.79 Å². The van der Waals surface area contributed by atoms with E-state index < -0.39 is 0 Å². The largest absolute Gasteiger partial charge is 0.378 e. The number of carbonyl (C=O) groups is 1. The van der Waals surface area contributed by atoms with Crippen molar-refractivity contribution < 1.29 is 9.53 Å². The van der Waals surface area contributed by atoms with Gasteiger partial charge in [0.25, 0.3) is 5.91 Å². The van der Waals surface area contributed by atoms with Crippen LogP contribution in [0, 0.1) is 13.8 Å². The van der Waals surface area contributed by atoms with Crippen LogP contribution in [-0.4, -0.2) is 48.2 Å². The normalized spacial score (nSPS) is 14.4. The van der Waals surface area contributed by atoms with Gasteiger partial charge in [-0.1, -0.05) is 23.9 Å². The third-order valence-electron chi connectivity index (χ3n) is 4.63. The van der Waals surface area contributed by atoms with Gasteiger partial charge < -0.3 is 15.0 Å². The van der Waals surface area contributed by atoms with Crippen LogP contribution in [0.1, 0.15) is 41.0 Å². The molecule has 3 rings (SSSR count). The minimum atomic E-state index is -0.0427. The molecule has 6 nitrogen and oxygen atoms in total. The fraction of sp³-hybridized carbons (Fsp3) is 0.476. The zero-order chi connectivity index (χ0) is 20.1. The molecule has 0 radical (unpaired) electrons. The highest BCUT2D eigenvalue weighted by atomic mass is 32.2. The minimum absolute atomic E-state index is 0.0427. The number of carbonyl (C=O) groups excluding carboxylic acids is 1. The summed E-state index contributed by atoms with van der Waals surface area (Å²) in [6, 6.07) is 7.85. The van der Waals surface area contributed by atoms with E-state index in [9.17, 15) is 4.79 Å². The fourth-order valence-electron chi connectivity index (χ4n) is 3.03. The van der Waals surface area contributed by atoms with Gasteiger partial charge >= 0.3 is 0 Å². The molecule has 0 saturated carbocycles. The Labute approximate surface area is 171 Å². The van der Waals surface area contributed by atoms with Crippen LogP contribution < -0.4 is 10.2 Å². The van der Waals surface area contributed by atoms with Gasteiger partial charge in [-0.25, -0.2) is 9.97 Å². The van der Waals surface area contributed by atoms with Crippen molar-refractivity contribution in [1.82, 2.24) is 15.3 Å². The number of aryl methyl sites for hydroxylation is 1. The van der Waals surface area contributed by atoms with Crippen LogP contribution in [0.3, 0.4) is 0 Å². The first-order chi connectivity index (χ1) is 13.4. The Hall–Kier alpha value is -2.12. The number of anilines is 1. The van der Waals surface area contributed by atoms with Gasteiger partial charge in [-0.05, 0) is 45.4 Å². The van der Waals surface area contributed by atoms with Crippen LogP contribution >= 0.6 is 11.8 Å². The van der Waals surface area contributed by atoms with Crippen molar-refractivity contribution in [3.8, 4) is 0 Å². The van der Waals surface area contributed by atoms with Crippen LogP contribution in [0.2, 0.25) is 0 Å². The third-order valence-corrected chi connectivity index (χ3v) is 5.55. The van der Waals surface area contributed by atoms with Crippen molar-refractivity contribution in [3.63, 3.8) is 0 Å². The summed E-state index contributed by atoms with van der Waals surface area (Å²) in [6.45, 7) is 11.2. The Morgan fingerprint density at radius 2 is 2.00 bits per heavy atom. The van der Waals surface area contributed by atoms with Gasteiger partial charge in [0.05, 0.1) is 13.2 Å². The van der Waals surface area contributed by atoms with Crippen molar-refractivity contribution in [2.75, 3.05) is 31.2 Å². The summed E-state index contributed by atoms with van der Waals surface area (Å²) in [5.41, 5.74) is 3.89. The van der Waals surface area contributed by atoms with E-state index in [1.54, 1.807) is 11.8 Å². The summed E-state index contributed by atoms with van der Waals surface area (Å²) in [7, 11) is 0. The molecule has 1 aromatic heterocycles. The highest BCUT2D eigenvalue weighted by Gasteiger charge is 2.18. The lowest BCUT2D eigenvalue weighted by atomic mass is 10.1. The molecule has 0 aliphatic carbocycles. The van der Waals surface area contributed by atoms with Gasteiger partial charge in [-0.2, -0.15) is 0 Å². The number of nitrogens with zero attached hydrogens (tertiary/aromatic N) is 3. The van der Waals surface area contributed by atoms with E-state index in [0.717, 1.165) is 54.1 Å². The molecule has 1 fully saturated rings. The van der Waals surface area contributed by atoms with E-state index in [-0.39, 0.29) is 11.9 Å². The molecule has 1 aliphatic rings. The second-order valence-corrected chi connectivity index (χ2v) is 8.20. The Bertz CT molecular complexity index is 835. The Kier molecular flexibility index (Phi) is 6.91. The quantitative estimate of drug-likeness (QED) is 0.592. The van der Waals surface area contributed by atoms with Gasteiger partial charge in [0.15, 0.2) is 5.16 Å². The molecule has 1 aromatic carbocycles. The molecule has 2 aromatic rings. The van der Waals surface area contributed by atoms with Crippen molar-refractivity contribution in [2.24, 2.45) is 0 Å². The molecule has 0 atom stereocenters. The summed E-state index contributed by atoms with van der Waals surface area (Å²) in [5, 5.41) is 3.70. The van der Waals surface area contributed by atoms with Crippen LogP contribution in [0.5, 0.6) is 0 Å². The van der Waals surface area contributed by atoms with E-state index in [1.807, 2.05) is 45.0 Å². The molecule has 1 saturated heterocycles. The Balaban J connectivity index is 1.72. The molecule has 0 bridgehead atoms. The number of morpholine rings is 1. The molecule has 2 heterocycles. The van der Waals surface area contributed by atoms with Gasteiger partial charge in [0, 0.05) is 41.7 Å². The Morgan fingerprint density at radius 3 is 2.71 bits per heavy atom. The molecule has 7 heteroatoms. The molecule has 0 spiro atoms. The number of nitrogens with one attached hydrogen (secondary N) is 1. The molecule has 1 N–H and O–H groups in total. The van der Waals surface area contributed by atoms with Crippen molar-refractivity contribution in [2.45, 2.75) is 44.6 Å². The summed E-state index contributed by atoms with van der Waals surface area (Å²) in [5.74, 6) is 1.68. The number of hydrogen-bond acceptors (Lipinski definition) is 6. The average Bonchev–Trinajstić information content (AvgIpc) is 2.69. The summed E-state index contributed by atoms with van der Waals surface area (Å²) in [6.07, 6.45) is 0. The smallest absolute Gasteiger partial charge is 0.251 e. The maximum atomic E-state index is 12.2. The van der Waals surface area contributed by atoms with E-state index in [1.165, 1.54) is 0 Å². The molecule has 150 valence electrons. The van der Waals surface area contributed by atoms with Crippen molar-refractivity contribution >= 4 is 23.5 Å². The van der Waals surface area contributed by atoms with E-state index in [2.05, 4.69) is 22.1 Å². The van der Waals surface area contributed by atoms with Crippen LogP contribution in [-0.2, 0) is 10.5 Å². The monoisotopic (exact) mass is 400 g/mol. The van der Waals surface area contributed by atoms with Crippen molar-refractivity contribution in [1.29, 1.82) is 0 Å². The SMILES string of the molecule is Cc1nc(SCc2cccc(C(=O)NC(C)C)c2)nc(N2CCOCC2)c1C. The highest BCUT2D eigenvalue weighted by Crippen LogP contribution is 2.26. The Morgan fingerprint density at radius 1 is 1.25 bits per heavy atom. The van der Waals surface area contributed by atoms with E-state index in [4.69, 9.17) is 9.72 Å². The number of rotatable bonds is 6. The number of amides is 1. The molecule has 0 unspecified atom stereocenters. The molecular formula is C21H28N4O2S. The molecule has 28 heavy (non-hydrogen) atoms. The number of benzene rings is 1. The van der Waals surface area contributed by atoms with Gasteiger partial charge in [0.2, 0.25) is 0 Å². The number of hydrogen-bond donors (Lipinski definition) is 1. The lowest BCUT2D eigenvalue weighted by molar-refractivity contribution is 0.0943. The lowest BCUT2D eigenvalue weighted by Gasteiger charge is -2.29. The predicted octanol–water partition coefficient (Wildman–Crippen LogP) is 3.36. The number of thioether (sulfide) groups is 1. The summed E-state index contributed by atoms with van der Waals surface area (Å²) >= 11 is 1.60.